The molecule has 1 aromatic heterocycles. The SMILES string of the molecule is CC[C@H]1O[C@@H](n2ccc(N)nc2=O)C(OC)C1OC. The summed E-state index contributed by atoms with van der Waals surface area (Å²) in [5.41, 5.74) is 5.02. The second-order valence-electron chi connectivity index (χ2n) is 4.42. The summed E-state index contributed by atoms with van der Waals surface area (Å²) in [7, 11) is 3.18. The minimum Gasteiger partial charge on any atom is -0.383 e. The third kappa shape index (κ3) is 2.49. The molecule has 0 bridgehead atoms. The zero-order valence-electron chi connectivity index (χ0n) is 11.3. The Balaban J connectivity index is 2.35. The van der Waals surface area contributed by atoms with Crippen molar-refractivity contribution < 1.29 is 14.2 Å². The maximum Gasteiger partial charge on any atom is 0.351 e. The summed E-state index contributed by atoms with van der Waals surface area (Å²) in [5, 5.41) is 0. The van der Waals surface area contributed by atoms with Crippen LogP contribution in [0.1, 0.15) is 19.6 Å². The summed E-state index contributed by atoms with van der Waals surface area (Å²) in [6, 6.07) is 1.55. The minimum atomic E-state index is -0.555. The molecule has 7 nitrogen and oxygen atoms in total. The molecular formula is C12H19N3O4. The van der Waals surface area contributed by atoms with Crippen molar-refractivity contribution in [3.05, 3.63) is 22.7 Å². The highest BCUT2D eigenvalue weighted by Crippen LogP contribution is 2.33. The van der Waals surface area contributed by atoms with Gasteiger partial charge in [-0.15, -0.1) is 0 Å². The van der Waals surface area contributed by atoms with E-state index in [1.54, 1.807) is 26.5 Å². The maximum atomic E-state index is 11.9. The van der Waals surface area contributed by atoms with Crippen LogP contribution in [0.4, 0.5) is 5.82 Å². The van der Waals surface area contributed by atoms with Crippen LogP contribution < -0.4 is 11.4 Å². The predicted octanol–water partition coefficient (Wildman–Crippen LogP) is 0.163. The van der Waals surface area contributed by atoms with Gasteiger partial charge in [0.25, 0.3) is 0 Å². The van der Waals surface area contributed by atoms with E-state index in [0.717, 1.165) is 6.42 Å². The molecule has 2 N–H and O–H groups in total. The van der Waals surface area contributed by atoms with E-state index in [0.29, 0.717) is 0 Å². The molecule has 1 aromatic rings. The lowest BCUT2D eigenvalue weighted by molar-refractivity contribution is -0.0558. The van der Waals surface area contributed by atoms with Gasteiger partial charge in [0.05, 0.1) is 6.10 Å². The smallest absolute Gasteiger partial charge is 0.351 e. The zero-order valence-corrected chi connectivity index (χ0v) is 11.3. The highest BCUT2D eigenvalue weighted by Gasteiger charge is 2.45. The molecule has 1 aliphatic rings. The van der Waals surface area contributed by atoms with Crippen LogP contribution in [-0.4, -0.2) is 42.1 Å². The van der Waals surface area contributed by atoms with Gasteiger partial charge in [-0.3, -0.25) is 4.57 Å². The molecule has 0 spiro atoms. The fourth-order valence-corrected chi connectivity index (χ4v) is 2.42. The van der Waals surface area contributed by atoms with E-state index in [4.69, 9.17) is 19.9 Å². The summed E-state index contributed by atoms with van der Waals surface area (Å²) < 4.78 is 18.1. The van der Waals surface area contributed by atoms with Crippen molar-refractivity contribution in [1.82, 2.24) is 9.55 Å². The number of nitrogens with zero attached hydrogens (tertiary/aromatic N) is 2. The molecule has 2 rings (SSSR count). The van der Waals surface area contributed by atoms with Crippen molar-refractivity contribution in [2.24, 2.45) is 0 Å². The number of anilines is 1. The number of nitrogens with two attached hydrogens (primary N) is 1. The molecule has 4 atom stereocenters. The molecule has 0 amide bonds. The van der Waals surface area contributed by atoms with Crippen molar-refractivity contribution in [3.8, 4) is 0 Å². The molecule has 106 valence electrons. The standard InChI is InChI=1S/C12H19N3O4/c1-4-7-9(17-2)10(18-3)11(19-7)15-6-5-8(13)14-12(15)16/h5-7,9-11H,4H2,1-3H3,(H2,13,14,16)/t7-,9?,10?,11-/m1/s1. The summed E-state index contributed by atoms with van der Waals surface area (Å²) >= 11 is 0. The molecule has 0 aromatic carbocycles. The Labute approximate surface area is 111 Å². The molecule has 1 aliphatic heterocycles. The lowest BCUT2D eigenvalue weighted by atomic mass is 10.1. The monoisotopic (exact) mass is 269 g/mol. The van der Waals surface area contributed by atoms with E-state index in [9.17, 15) is 4.79 Å². The van der Waals surface area contributed by atoms with E-state index in [1.165, 1.54) is 4.57 Å². The number of aromatic nitrogens is 2. The minimum absolute atomic E-state index is 0.121. The fourth-order valence-electron chi connectivity index (χ4n) is 2.42. The first-order chi connectivity index (χ1) is 9.12. The first-order valence-corrected chi connectivity index (χ1v) is 6.18. The van der Waals surface area contributed by atoms with Gasteiger partial charge < -0.3 is 19.9 Å². The number of methoxy groups -OCH3 is 2. The van der Waals surface area contributed by atoms with Crippen LogP contribution in [0.3, 0.4) is 0 Å². The lowest BCUT2D eigenvalue weighted by Crippen LogP contribution is -2.37. The van der Waals surface area contributed by atoms with Gasteiger partial charge in [0.15, 0.2) is 6.23 Å². The third-order valence-corrected chi connectivity index (χ3v) is 3.36. The Morgan fingerprint density at radius 2 is 2.11 bits per heavy atom. The van der Waals surface area contributed by atoms with Crippen LogP contribution in [0.5, 0.6) is 0 Å². The van der Waals surface area contributed by atoms with Gasteiger partial charge in [-0.25, -0.2) is 4.79 Å². The summed E-state index contributed by atoms with van der Waals surface area (Å²) in [4.78, 5) is 15.6. The second kappa shape index (κ2) is 5.68. The quantitative estimate of drug-likeness (QED) is 0.837. The summed E-state index contributed by atoms with van der Waals surface area (Å²) in [5.74, 6) is 0.184. The molecule has 2 heterocycles. The van der Waals surface area contributed by atoms with E-state index in [1.807, 2.05) is 6.92 Å². The zero-order chi connectivity index (χ0) is 14.0. The summed E-state index contributed by atoms with van der Waals surface area (Å²) in [6.45, 7) is 2.00. The van der Waals surface area contributed by atoms with E-state index >= 15 is 0 Å². The van der Waals surface area contributed by atoms with Crippen LogP contribution in [0, 0.1) is 0 Å². The molecule has 0 radical (unpaired) electrons. The second-order valence-corrected chi connectivity index (χ2v) is 4.42. The van der Waals surface area contributed by atoms with E-state index in [2.05, 4.69) is 4.98 Å². The van der Waals surface area contributed by atoms with Crippen molar-refractivity contribution in [2.75, 3.05) is 20.0 Å². The highest BCUT2D eigenvalue weighted by atomic mass is 16.6. The average Bonchev–Trinajstić information content (AvgIpc) is 2.76. The van der Waals surface area contributed by atoms with Crippen molar-refractivity contribution in [2.45, 2.75) is 37.9 Å². The van der Waals surface area contributed by atoms with Crippen LogP contribution >= 0.6 is 0 Å². The number of ether oxygens (including phenoxy) is 3. The van der Waals surface area contributed by atoms with Crippen LogP contribution in [0.2, 0.25) is 0 Å². The van der Waals surface area contributed by atoms with Gasteiger partial charge >= 0.3 is 5.69 Å². The van der Waals surface area contributed by atoms with Gasteiger partial charge in [-0.2, -0.15) is 4.98 Å². The van der Waals surface area contributed by atoms with Crippen molar-refractivity contribution in [1.29, 1.82) is 0 Å². The van der Waals surface area contributed by atoms with Crippen LogP contribution in [-0.2, 0) is 14.2 Å². The Bertz CT molecular complexity index is 490. The van der Waals surface area contributed by atoms with Crippen molar-refractivity contribution in [3.63, 3.8) is 0 Å². The molecule has 7 heteroatoms. The lowest BCUT2D eigenvalue weighted by Gasteiger charge is -2.22. The molecule has 1 fully saturated rings. The van der Waals surface area contributed by atoms with Gasteiger partial charge in [0.2, 0.25) is 0 Å². The number of nitrogen functional groups attached to an aromatic ring is 1. The average molecular weight is 269 g/mol. The van der Waals surface area contributed by atoms with E-state index in [-0.39, 0.29) is 24.1 Å². The highest BCUT2D eigenvalue weighted by molar-refractivity contribution is 5.23. The predicted molar refractivity (Wildman–Crippen MR) is 68.7 cm³/mol. The van der Waals surface area contributed by atoms with Gasteiger partial charge in [-0.05, 0) is 12.5 Å². The molecule has 0 saturated carbocycles. The number of hydrogen-bond donors (Lipinski definition) is 1. The first-order valence-electron chi connectivity index (χ1n) is 6.18. The molecule has 1 saturated heterocycles. The molecule has 0 aliphatic carbocycles. The molecular weight excluding hydrogens is 250 g/mol. The Morgan fingerprint density at radius 1 is 1.42 bits per heavy atom. The number of hydrogen-bond acceptors (Lipinski definition) is 6. The molecule has 19 heavy (non-hydrogen) atoms. The summed E-state index contributed by atoms with van der Waals surface area (Å²) in [6.07, 6.45) is 1.07. The Hall–Kier alpha value is -1.44. The largest absolute Gasteiger partial charge is 0.383 e. The normalized spacial score (nSPS) is 30.7. The van der Waals surface area contributed by atoms with Gasteiger partial charge in [0, 0.05) is 20.4 Å². The number of rotatable bonds is 4. The Kier molecular flexibility index (Phi) is 4.18. The fraction of sp³-hybridized carbons (Fsp3) is 0.667. The van der Waals surface area contributed by atoms with E-state index < -0.39 is 11.9 Å². The van der Waals surface area contributed by atoms with Crippen LogP contribution in [0.15, 0.2) is 17.1 Å². The Morgan fingerprint density at radius 3 is 2.63 bits per heavy atom. The van der Waals surface area contributed by atoms with Gasteiger partial charge in [-0.1, -0.05) is 6.92 Å². The van der Waals surface area contributed by atoms with Crippen LogP contribution in [0.25, 0.3) is 0 Å². The first kappa shape index (κ1) is 14.0. The van der Waals surface area contributed by atoms with Gasteiger partial charge in [0.1, 0.15) is 18.0 Å². The van der Waals surface area contributed by atoms with Crippen molar-refractivity contribution >= 4 is 5.82 Å². The third-order valence-electron chi connectivity index (χ3n) is 3.36. The topological polar surface area (TPSA) is 88.6 Å². The maximum absolute atomic E-state index is 11.9. The molecule has 2 unspecified atom stereocenters.